The predicted molar refractivity (Wildman–Crippen MR) is 108 cm³/mol. The molecule has 2 aromatic heterocycles. The fourth-order valence-corrected chi connectivity index (χ4v) is 3.88. The maximum atomic E-state index is 13.3. The van der Waals surface area contributed by atoms with Gasteiger partial charge in [-0.3, -0.25) is 14.7 Å². The molecule has 1 aliphatic heterocycles. The van der Waals surface area contributed by atoms with E-state index in [4.69, 9.17) is 4.52 Å². The fraction of sp³-hybridized carbons (Fsp3) is 0.409. The van der Waals surface area contributed by atoms with Crippen LogP contribution in [-0.2, 0) is 6.54 Å². The van der Waals surface area contributed by atoms with E-state index >= 15 is 0 Å². The minimum Gasteiger partial charge on any atom is -0.361 e. The number of piperazine rings is 1. The molecule has 3 aromatic rings. The van der Waals surface area contributed by atoms with E-state index in [2.05, 4.69) is 21.1 Å². The van der Waals surface area contributed by atoms with Gasteiger partial charge in [0.15, 0.2) is 0 Å². The van der Waals surface area contributed by atoms with Crippen LogP contribution in [0.3, 0.4) is 0 Å². The van der Waals surface area contributed by atoms with Crippen LogP contribution in [0.4, 0.5) is 0 Å². The quantitative estimate of drug-likeness (QED) is 0.699. The van der Waals surface area contributed by atoms with Crippen molar-refractivity contribution >= 4 is 16.8 Å². The van der Waals surface area contributed by atoms with Crippen molar-refractivity contribution < 1.29 is 9.32 Å². The molecular formula is C22H26N4O2. The molecule has 0 N–H and O–H groups in total. The second kappa shape index (κ2) is 7.36. The topological polar surface area (TPSA) is 62.5 Å². The van der Waals surface area contributed by atoms with Gasteiger partial charge in [-0.1, -0.05) is 16.8 Å². The first-order chi connectivity index (χ1) is 13.4. The van der Waals surface area contributed by atoms with Gasteiger partial charge in [0, 0.05) is 49.4 Å². The number of hydrogen-bond acceptors (Lipinski definition) is 5. The molecule has 1 saturated heterocycles. The van der Waals surface area contributed by atoms with Crippen molar-refractivity contribution in [3.63, 3.8) is 0 Å². The highest BCUT2D eigenvalue weighted by atomic mass is 16.5. The van der Waals surface area contributed by atoms with Gasteiger partial charge in [0.2, 0.25) is 0 Å². The van der Waals surface area contributed by atoms with Crippen LogP contribution in [-0.4, -0.2) is 52.0 Å². The van der Waals surface area contributed by atoms with Gasteiger partial charge in [-0.05, 0) is 45.9 Å². The van der Waals surface area contributed by atoms with Gasteiger partial charge >= 0.3 is 0 Å². The summed E-state index contributed by atoms with van der Waals surface area (Å²) in [6.07, 6.45) is 0. The molecule has 28 heavy (non-hydrogen) atoms. The van der Waals surface area contributed by atoms with Crippen LogP contribution < -0.4 is 0 Å². The molecule has 6 heteroatoms. The summed E-state index contributed by atoms with van der Waals surface area (Å²) < 4.78 is 5.27. The summed E-state index contributed by atoms with van der Waals surface area (Å²) in [5, 5.41) is 4.98. The molecule has 0 unspecified atom stereocenters. The number of pyridine rings is 1. The SMILES string of the molecule is Cc1ccc2nc(C)cc(C(=O)N3CCN(Cc4c(C)noc4C)CC3)c2c1. The van der Waals surface area contributed by atoms with Crippen molar-refractivity contribution in [1.29, 1.82) is 0 Å². The molecule has 4 rings (SSSR count). The van der Waals surface area contributed by atoms with E-state index in [9.17, 15) is 4.79 Å². The molecule has 0 radical (unpaired) electrons. The number of nitrogens with zero attached hydrogens (tertiary/aromatic N) is 4. The second-order valence-corrected chi connectivity index (χ2v) is 7.70. The zero-order chi connectivity index (χ0) is 19.8. The van der Waals surface area contributed by atoms with Crippen LogP contribution in [0.5, 0.6) is 0 Å². The zero-order valence-corrected chi connectivity index (χ0v) is 17.0. The van der Waals surface area contributed by atoms with E-state index in [0.717, 1.165) is 77.5 Å². The summed E-state index contributed by atoms with van der Waals surface area (Å²) in [4.78, 5) is 22.2. The normalized spacial score (nSPS) is 15.4. The Kier molecular flexibility index (Phi) is 4.89. The molecule has 0 saturated carbocycles. The Bertz CT molecular complexity index is 1010. The lowest BCUT2D eigenvalue weighted by Crippen LogP contribution is -2.48. The summed E-state index contributed by atoms with van der Waals surface area (Å²) in [7, 11) is 0. The largest absolute Gasteiger partial charge is 0.361 e. The van der Waals surface area contributed by atoms with Crippen LogP contribution in [0, 0.1) is 27.7 Å². The summed E-state index contributed by atoms with van der Waals surface area (Å²) >= 11 is 0. The van der Waals surface area contributed by atoms with Crippen molar-refractivity contribution in [3.8, 4) is 0 Å². The van der Waals surface area contributed by atoms with E-state index in [0.29, 0.717) is 0 Å². The maximum absolute atomic E-state index is 13.3. The van der Waals surface area contributed by atoms with Gasteiger partial charge in [0.05, 0.1) is 16.8 Å². The number of carbonyl (C=O) groups is 1. The van der Waals surface area contributed by atoms with Crippen LogP contribution in [0.25, 0.3) is 10.9 Å². The first-order valence-electron chi connectivity index (χ1n) is 9.74. The number of carbonyl (C=O) groups excluding carboxylic acids is 1. The summed E-state index contributed by atoms with van der Waals surface area (Å²) in [6.45, 7) is 11.9. The molecule has 0 aliphatic carbocycles. The van der Waals surface area contributed by atoms with E-state index in [1.807, 2.05) is 50.8 Å². The number of fused-ring (bicyclic) bond motifs is 1. The molecule has 0 atom stereocenters. The Labute approximate surface area is 165 Å². The zero-order valence-electron chi connectivity index (χ0n) is 17.0. The monoisotopic (exact) mass is 378 g/mol. The first kappa shape index (κ1) is 18.6. The highest BCUT2D eigenvalue weighted by Gasteiger charge is 2.25. The molecule has 3 heterocycles. The Hall–Kier alpha value is -2.73. The number of amides is 1. The smallest absolute Gasteiger partial charge is 0.254 e. The summed E-state index contributed by atoms with van der Waals surface area (Å²) in [6, 6.07) is 8.01. The highest BCUT2D eigenvalue weighted by molar-refractivity contribution is 6.06. The average Bonchev–Trinajstić information content (AvgIpc) is 3.00. The minimum absolute atomic E-state index is 0.0955. The molecule has 6 nitrogen and oxygen atoms in total. The van der Waals surface area contributed by atoms with Crippen molar-refractivity contribution in [2.24, 2.45) is 0 Å². The third-order valence-electron chi connectivity index (χ3n) is 5.55. The number of benzene rings is 1. The third kappa shape index (κ3) is 3.52. The fourth-order valence-electron chi connectivity index (χ4n) is 3.88. The lowest BCUT2D eigenvalue weighted by Gasteiger charge is -2.35. The van der Waals surface area contributed by atoms with Gasteiger partial charge in [0.1, 0.15) is 5.76 Å². The number of aromatic nitrogens is 2. The first-order valence-corrected chi connectivity index (χ1v) is 9.74. The lowest BCUT2D eigenvalue weighted by molar-refractivity contribution is 0.0629. The van der Waals surface area contributed by atoms with Crippen LogP contribution >= 0.6 is 0 Å². The number of hydrogen-bond donors (Lipinski definition) is 0. The molecule has 1 aliphatic rings. The average molecular weight is 378 g/mol. The predicted octanol–water partition coefficient (Wildman–Crippen LogP) is 3.41. The maximum Gasteiger partial charge on any atom is 0.254 e. The molecule has 1 amide bonds. The standard InChI is InChI=1S/C22H26N4O2/c1-14-5-6-21-18(11-14)19(12-15(2)23-21)22(27)26-9-7-25(8-10-26)13-20-16(3)24-28-17(20)4/h5-6,11-12H,7-10,13H2,1-4H3. The molecule has 146 valence electrons. The summed E-state index contributed by atoms with van der Waals surface area (Å²) in [5.74, 6) is 0.975. The van der Waals surface area contributed by atoms with E-state index < -0.39 is 0 Å². The minimum atomic E-state index is 0.0955. The highest BCUT2D eigenvalue weighted by Crippen LogP contribution is 2.23. The van der Waals surface area contributed by atoms with Gasteiger partial charge in [0.25, 0.3) is 5.91 Å². The van der Waals surface area contributed by atoms with Gasteiger partial charge < -0.3 is 9.42 Å². The summed E-state index contributed by atoms with van der Waals surface area (Å²) in [5.41, 5.74) is 5.75. The van der Waals surface area contributed by atoms with Crippen LogP contribution in [0.2, 0.25) is 0 Å². The lowest BCUT2D eigenvalue weighted by atomic mass is 10.0. The second-order valence-electron chi connectivity index (χ2n) is 7.70. The molecule has 0 spiro atoms. The van der Waals surface area contributed by atoms with Crippen molar-refractivity contribution in [2.75, 3.05) is 26.2 Å². The van der Waals surface area contributed by atoms with Crippen molar-refractivity contribution in [3.05, 3.63) is 58.1 Å². The van der Waals surface area contributed by atoms with E-state index in [-0.39, 0.29) is 5.91 Å². The Morgan fingerprint density at radius 3 is 2.50 bits per heavy atom. The number of aryl methyl sites for hydroxylation is 4. The van der Waals surface area contributed by atoms with Crippen LogP contribution in [0.15, 0.2) is 28.8 Å². The van der Waals surface area contributed by atoms with Crippen molar-refractivity contribution in [1.82, 2.24) is 19.9 Å². The Balaban J connectivity index is 1.50. The third-order valence-corrected chi connectivity index (χ3v) is 5.55. The molecule has 0 bridgehead atoms. The van der Waals surface area contributed by atoms with Gasteiger partial charge in [-0.15, -0.1) is 0 Å². The van der Waals surface area contributed by atoms with E-state index in [1.165, 1.54) is 0 Å². The van der Waals surface area contributed by atoms with E-state index in [1.54, 1.807) is 0 Å². The molecule has 1 fully saturated rings. The molecular weight excluding hydrogens is 352 g/mol. The van der Waals surface area contributed by atoms with Crippen molar-refractivity contribution in [2.45, 2.75) is 34.2 Å². The van der Waals surface area contributed by atoms with Crippen LogP contribution in [0.1, 0.15) is 38.6 Å². The number of rotatable bonds is 3. The molecule has 1 aromatic carbocycles. The Morgan fingerprint density at radius 1 is 1.07 bits per heavy atom. The Morgan fingerprint density at radius 2 is 1.82 bits per heavy atom. The van der Waals surface area contributed by atoms with Gasteiger partial charge in [-0.2, -0.15) is 0 Å². The van der Waals surface area contributed by atoms with Gasteiger partial charge in [-0.25, -0.2) is 0 Å².